The van der Waals surface area contributed by atoms with Crippen LogP contribution in [0.5, 0.6) is 0 Å². The summed E-state index contributed by atoms with van der Waals surface area (Å²) in [5.41, 5.74) is 2.09. The van der Waals surface area contributed by atoms with Crippen LogP contribution in [0.4, 0.5) is 0 Å². The zero-order valence-corrected chi connectivity index (χ0v) is 17.2. The van der Waals surface area contributed by atoms with Crippen molar-refractivity contribution in [3.63, 3.8) is 0 Å². The average Bonchev–Trinajstić information content (AvgIpc) is 2.65. The molecule has 1 saturated heterocycles. The first-order chi connectivity index (χ1) is 12.8. The summed E-state index contributed by atoms with van der Waals surface area (Å²) in [4.78, 5) is 14.2. The maximum atomic E-state index is 12.8. The third-order valence-electron chi connectivity index (χ3n) is 4.58. The summed E-state index contributed by atoms with van der Waals surface area (Å²) in [7, 11) is -3.75. The van der Waals surface area contributed by atoms with Crippen LogP contribution in [0.3, 0.4) is 0 Å². The molecule has 0 atom stereocenters. The molecule has 1 fully saturated rings. The van der Waals surface area contributed by atoms with Gasteiger partial charge in [-0.25, -0.2) is 8.42 Å². The van der Waals surface area contributed by atoms with E-state index in [4.69, 9.17) is 23.2 Å². The highest BCUT2D eigenvalue weighted by Gasteiger charge is 2.31. The molecule has 0 saturated carbocycles. The number of hydrogen-bond acceptors (Lipinski definition) is 3. The Hall–Kier alpha value is -1.60. The number of amides is 1. The molecule has 2 aromatic rings. The zero-order valence-electron chi connectivity index (χ0n) is 14.9. The van der Waals surface area contributed by atoms with Gasteiger partial charge in [0.1, 0.15) is 4.90 Å². The number of carbonyl (C=O) groups excluding carboxylic acids is 1. The molecule has 3 rings (SSSR count). The molecule has 0 bridgehead atoms. The number of rotatable bonds is 4. The van der Waals surface area contributed by atoms with Crippen LogP contribution in [0.25, 0.3) is 0 Å². The standard InChI is InChI=1S/C19H20Cl2N2O3S/c1-14-2-4-15(5-3-14)12-19(24)22-8-10-23(11-9-22)27(25,26)18-13-16(20)6-7-17(18)21/h2-7,13H,8-12H2,1H3. The van der Waals surface area contributed by atoms with Gasteiger partial charge in [-0.2, -0.15) is 4.31 Å². The zero-order chi connectivity index (χ0) is 19.6. The van der Waals surface area contributed by atoms with E-state index in [0.29, 0.717) is 24.5 Å². The van der Waals surface area contributed by atoms with Crippen molar-refractivity contribution in [2.24, 2.45) is 0 Å². The van der Waals surface area contributed by atoms with Gasteiger partial charge in [0.25, 0.3) is 0 Å². The molecular formula is C19H20Cl2N2O3S. The fraction of sp³-hybridized carbons (Fsp3) is 0.316. The van der Waals surface area contributed by atoms with Crippen LogP contribution < -0.4 is 0 Å². The molecule has 27 heavy (non-hydrogen) atoms. The SMILES string of the molecule is Cc1ccc(CC(=O)N2CCN(S(=O)(=O)c3cc(Cl)ccc3Cl)CC2)cc1. The van der Waals surface area contributed by atoms with Gasteiger partial charge in [-0.3, -0.25) is 4.79 Å². The highest BCUT2D eigenvalue weighted by atomic mass is 35.5. The third kappa shape index (κ3) is 4.63. The minimum atomic E-state index is -3.75. The highest BCUT2D eigenvalue weighted by Crippen LogP contribution is 2.28. The van der Waals surface area contributed by atoms with Gasteiger partial charge in [-0.05, 0) is 30.7 Å². The van der Waals surface area contributed by atoms with Crippen LogP contribution in [0.1, 0.15) is 11.1 Å². The van der Waals surface area contributed by atoms with Crippen LogP contribution in [0, 0.1) is 6.92 Å². The molecule has 0 aliphatic carbocycles. The topological polar surface area (TPSA) is 57.7 Å². The first kappa shape index (κ1) is 20.1. The Bertz CT molecular complexity index is 938. The number of piperazine rings is 1. The molecule has 1 heterocycles. The van der Waals surface area contributed by atoms with Gasteiger partial charge in [0.05, 0.1) is 11.4 Å². The van der Waals surface area contributed by atoms with Crippen molar-refractivity contribution in [2.45, 2.75) is 18.2 Å². The van der Waals surface area contributed by atoms with E-state index in [-0.39, 0.29) is 28.9 Å². The summed E-state index contributed by atoms with van der Waals surface area (Å²) in [6, 6.07) is 12.2. The number of halogens is 2. The second-order valence-corrected chi connectivity index (χ2v) is 9.27. The van der Waals surface area contributed by atoms with Crippen LogP contribution in [0.15, 0.2) is 47.4 Å². The third-order valence-corrected chi connectivity index (χ3v) is 7.19. The van der Waals surface area contributed by atoms with Crippen molar-refractivity contribution < 1.29 is 13.2 Å². The monoisotopic (exact) mass is 426 g/mol. The second-order valence-electron chi connectivity index (χ2n) is 6.52. The molecule has 5 nitrogen and oxygen atoms in total. The molecule has 0 N–H and O–H groups in total. The molecule has 0 aromatic heterocycles. The van der Waals surface area contributed by atoms with Crippen molar-refractivity contribution in [3.8, 4) is 0 Å². The summed E-state index contributed by atoms with van der Waals surface area (Å²) < 4.78 is 27.0. The summed E-state index contributed by atoms with van der Waals surface area (Å²) in [6.07, 6.45) is 0.313. The van der Waals surface area contributed by atoms with Gasteiger partial charge < -0.3 is 4.90 Å². The number of nitrogens with zero attached hydrogens (tertiary/aromatic N) is 2. The number of carbonyl (C=O) groups is 1. The van der Waals surface area contributed by atoms with Crippen molar-refractivity contribution in [2.75, 3.05) is 26.2 Å². The maximum Gasteiger partial charge on any atom is 0.244 e. The minimum Gasteiger partial charge on any atom is -0.340 e. The Morgan fingerprint density at radius 1 is 1.00 bits per heavy atom. The molecule has 1 aliphatic heterocycles. The van der Waals surface area contributed by atoms with Gasteiger partial charge in [0.15, 0.2) is 0 Å². The Balaban J connectivity index is 1.65. The molecule has 2 aromatic carbocycles. The van der Waals surface area contributed by atoms with E-state index in [1.54, 1.807) is 11.0 Å². The molecule has 1 amide bonds. The molecular weight excluding hydrogens is 407 g/mol. The van der Waals surface area contributed by atoms with E-state index in [1.165, 1.54) is 16.4 Å². The fourth-order valence-corrected chi connectivity index (χ4v) is 5.14. The van der Waals surface area contributed by atoms with Gasteiger partial charge in [0.2, 0.25) is 15.9 Å². The number of hydrogen-bond donors (Lipinski definition) is 0. The van der Waals surface area contributed by atoms with Gasteiger partial charge in [-0.1, -0.05) is 53.0 Å². The lowest BCUT2D eigenvalue weighted by Gasteiger charge is -2.34. The normalized spacial score (nSPS) is 15.7. The molecule has 0 unspecified atom stereocenters. The summed E-state index contributed by atoms with van der Waals surface area (Å²) in [5.74, 6) is -0.00307. The average molecular weight is 427 g/mol. The molecule has 8 heteroatoms. The number of benzene rings is 2. The first-order valence-corrected chi connectivity index (χ1v) is 10.8. The highest BCUT2D eigenvalue weighted by molar-refractivity contribution is 7.89. The van der Waals surface area contributed by atoms with Crippen LogP contribution >= 0.6 is 23.2 Å². The quantitative estimate of drug-likeness (QED) is 0.752. The van der Waals surface area contributed by atoms with Crippen molar-refractivity contribution >= 4 is 39.1 Å². The summed E-state index contributed by atoms with van der Waals surface area (Å²) in [6.45, 7) is 3.15. The lowest BCUT2D eigenvalue weighted by molar-refractivity contribution is -0.131. The first-order valence-electron chi connectivity index (χ1n) is 8.56. The van der Waals surface area contributed by atoms with Crippen LogP contribution in [-0.2, 0) is 21.2 Å². The maximum absolute atomic E-state index is 12.8. The van der Waals surface area contributed by atoms with E-state index in [9.17, 15) is 13.2 Å². The van der Waals surface area contributed by atoms with E-state index in [2.05, 4.69) is 0 Å². The summed E-state index contributed by atoms with van der Waals surface area (Å²) >= 11 is 12.0. The fourth-order valence-electron chi connectivity index (χ4n) is 2.98. The molecule has 0 spiro atoms. The molecule has 1 aliphatic rings. The van der Waals surface area contributed by atoms with Crippen LogP contribution in [0.2, 0.25) is 10.0 Å². The van der Waals surface area contributed by atoms with Crippen molar-refractivity contribution in [3.05, 3.63) is 63.6 Å². The smallest absolute Gasteiger partial charge is 0.244 e. The van der Waals surface area contributed by atoms with Crippen molar-refractivity contribution in [1.82, 2.24) is 9.21 Å². The molecule has 0 radical (unpaired) electrons. The lowest BCUT2D eigenvalue weighted by atomic mass is 10.1. The predicted molar refractivity (Wildman–Crippen MR) is 107 cm³/mol. The predicted octanol–water partition coefficient (Wildman–Crippen LogP) is 3.38. The lowest BCUT2D eigenvalue weighted by Crippen LogP contribution is -2.50. The number of sulfonamides is 1. The largest absolute Gasteiger partial charge is 0.340 e. The summed E-state index contributed by atoms with van der Waals surface area (Å²) in [5, 5.41) is 0.446. The second kappa shape index (κ2) is 8.19. The Kier molecular flexibility index (Phi) is 6.11. The Labute approximate surface area is 169 Å². The van der Waals surface area contributed by atoms with E-state index in [0.717, 1.165) is 11.1 Å². The minimum absolute atomic E-state index is 0.00307. The Morgan fingerprint density at radius 2 is 1.63 bits per heavy atom. The van der Waals surface area contributed by atoms with E-state index in [1.807, 2.05) is 31.2 Å². The Morgan fingerprint density at radius 3 is 2.26 bits per heavy atom. The van der Waals surface area contributed by atoms with Gasteiger partial charge in [0, 0.05) is 31.2 Å². The van der Waals surface area contributed by atoms with Crippen LogP contribution in [-0.4, -0.2) is 49.7 Å². The van der Waals surface area contributed by atoms with E-state index < -0.39 is 10.0 Å². The van der Waals surface area contributed by atoms with Crippen molar-refractivity contribution in [1.29, 1.82) is 0 Å². The van der Waals surface area contributed by atoms with E-state index >= 15 is 0 Å². The van der Waals surface area contributed by atoms with Gasteiger partial charge in [-0.15, -0.1) is 0 Å². The number of aryl methyl sites for hydroxylation is 1. The van der Waals surface area contributed by atoms with Gasteiger partial charge >= 0.3 is 0 Å². The molecule has 144 valence electrons.